The number of rotatable bonds is 4. The zero-order chi connectivity index (χ0) is 16.7. The third kappa shape index (κ3) is 2.75. The van der Waals surface area contributed by atoms with Crippen molar-refractivity contribution in [3.63, 3.8) is 0 Å². The quantitative estimate of drug-likeness (QED) is 0.676. The summed E-state index contributed by atoms with van der Waals surface area (Å²) < 4.78 is 20.2. The van der Waals surface area contributed by atoms with Crippen molar-refractivity contribution < 1.29 is 14.1 Å². The first-order chi connectivity index (χ1) is 11.6. The highest BCUT2D eigenvalue weighted by atomic mass is 19.1. The van der Waals surface area contributed by atoms with Gasteiger partial charge in [-0.1, -0.05) is 6.07 Å². The fourth-order valence-corrected chi connectivity index (χ4v) is 4.50. The number of nitrogens with one attached hydrogen (secondary N) is 1. The Bertz CT molecular complexity index is 634. The van der Waals surface area contributed by atoms with Gasteiger partial charge in [-0.25, -0.2) is 4.39 Å². The summed E-state index contributed by atoms with van der Waals surface area (Å²) in [6.45, 7) is 3.18. The molecule has 4 heterocycles. The van der Waals surface area contributed by atoms with Gasteiger partial charge in [0.1, 0.15) is 0 Å². The summed E-state index contributed by atoms with van der Waals surface area (Å²) in [7, 11) is 0. The van der Waals surface area contributed by atoms with E-state index in [1.54, 1.807) is 0 Å². The second-order valence-corrected chi connectivity index (χ2v) is 7.26. The molecule has 24 heavy (non-hydrogen) atoms. The molecule has 4 saturated heterocycles. The zero-order valence-electron chi connectivity index (χ0n) is 13.5. The van der Waals surface area contributed by atoms with E-state index in [1.165, 1.54) is 18.2 Å². The fourth-order valence-electron chi connectivity index (χ4n) is 4.50. The summed E-state index contributed by atoms with van der Waals surface area (Å²) in [5, 5.41) is 14.6. The Morgan fingerprint density at radius 1 is 1.42 bits per heavy atom. The first-order valence-corrected chi connectivity index (χ1v) is 8.63. The third-order valence-corrected chi connectivity index (χ3v) is 5.59. The topological polar surface area (TPSA) is 67.6 Å². The molecule has 2 unspecified atom stereocenters. The van der Waals surface area contributed by atoms with E-state index in [4.69, 9.17) is 4.74 Å². The molecule has 4 aliphatic rings. The molecule has 0 aromatic heterocycles. The number of piperidine rings is 2. The molecule has 0 saturated carbocycles. The van der Waals surface area contributed by atoms with Crippen LogP contribution in [0.15, 0.2) is 18.2 Å². The Balaban J connectivity index is 1.41. The van der Waals surface area contributed by atoms with Gasteiger partial charge >= 0.3 is 0 Å². The van der Waals surface area contributed by atoms with Crippen LogP contribution in [0.5, 0.6) is 0 Å². The number of fused-ring (bicyclic) bond motifs is 2. The molecule has 0 aliphatic carbocycles. The number of anilines is 1. The number of benzene rings is 1. The molecule has 1 aromatic carbocycles. The second-order valence-electron chi connectivity index (χ2n) is 7.26. The SMILES string of the molecule is O=[N+]([O-])c1cccc(F)c1N1CCC(CC23CNCC(C2)O3)CC1. The van der Waals surface area contributed by atoms with Gasteiger partial charge < -0.3 is 15.0 Å². The summed E-state index contributed by atoms with van der Waals surface area (Å²) in [6.07, 6.45) is 4.38. The Morgan fingerprint density at radius 3 is 2.79 bits per heavy atom. The van der Waals surface area contributed by atoms with Crippen LogP contribution in [0, 0.1) is 21.8 Å². The molecule has 0 spiro atoms. The van der Waals surface area contributed by atoms with E-state index >= 15 is 0 Å². The summed E-state index contributed by atoms with van der Waals surface area (Å²) >= 11 is 0. The summed E-state index contributed by atoms with van der Waals surface area (Å²) in [6, 6.07) is 4.06. The van der Waals surface area contributed by atoms with Crippen molar-refractivity contribution in [3.05, 3.63) is 34.1 Å². The number of nitro benzene ring substituents is 1. The van der Waals surface area contributed by atoms with Crippen LogP contribution in [-0.4, -0.2) is 42.8 Å². The smallest absolute Gasteiger partial charge is 0.295 e. The third-order valence-electron chi connectivity index (χ3n) is 5.59. The second kappa shape index (κ2) is 5.97. The molecular weight excluding hydrogens is 313 g/mol. The van der Waals surface area contributed by atoms with Crippen LogP contribution in [-0.2, 0) is 4.74 Å². The van der Waals surface area contributed by atoms with Crippen LogP contribution in [0.2, 0.25) is 0 Å². The Hall–Kier alpha value is -1.73. The number of para-hydroxylation sites is 1. The van der Waals surface area contributed by atoms with Crippen LogP contribution in [0.1, 0.15) is 25.7 Å². The van der Waals surface area contributed by atoms with Crippen LogP contribution in [0.4, 0.5) is 15.8 Å². The van der Waals surface area contributed by atoms with E-state index < -0.39 is 10.7 Å². The Labute approximate surface area is 140 Å². The normalized spacial score (nSPS) is 30.0. The molecule has 4 fully saturated rings. The van der Waals surface area contributed by atoms with Gasteiger partial charge in [-0.2, -0.15) is 0 Å². The zero-order valence-corrected chi connectivity index (χ0v) is 13.5. The minimum atomic E-state index is -0.511. The van der Waals surface area contributed by atoms with Crippen LogP contribution < -0.4 is 10.2 Å². The number of nitrogens with zero attached hydrogens (tertiary/aromatic N) is 2. The standard InChI is InChI=1S/C17H22FN3O3/c18-14-2-1-3-15(21(22)23)16(14)20-6-4-12(5-7-20)8-17-9-13(24-17)10-19-11-17/h1-3,12-13,19H,4-11H2. The predicted octanol–water partition coefficient (Wildman–Crippen LogP) is 2.47. The Morgan fingerprint density at radius 2 is 2.17 bits per heavy atom. The number of nitro groups is 1. The molecule has 1 aromatic rings. The molecular formula is C17H22FN3O3. The summed E-state index contributed by atoms with van der Waals surface area (Å²) in [4.78, 5) is 12.5. The molecule has 6 nitrogen and oxygen atoms in total. The molecule has 2 bridgehead atoms. The molecule has 4 aliphatic heterocycles. The first kappa shape index (κ1) is 15.8. The van der Waals surface area contributed by atoms with E-state index in [2.05, 4.69) is 5.32 Å². The maximum Gasteiger partial charge on any atom is 0.295 e. The highest BCUT2D eigenvalue weighted by molar-refractivity contribution is 5.64. The molecule has 5 rings (SSSR count). The van der Waals surface area contributed by atoms with E-state index in [-0.39, 0.29) is 17.0 Å². The van der Waals surface area contributed by atoms with Gasteiger partial charge in [0.2, 0.25) is 0 Å². The maximum atomic E-state index is 14.2. The number of hydrogen-bond acceptors (Lipinski definition) is 5. The molecule has 1 N–H and O–H groups in total. The summed E-state index contributed by atoms with van der Waals surface area (Å²) in [5.41, 5.74) is -0.00757. The first-order valence-electron chi connectivity index (χ1n) is 8.63. The lowest BCUT2D eigenvalue weighted by Gasteiger charge is -2.54. The van der Waals surface area contributed by atoms with E-state index in [1.807, 2.05) is 4.90 Å². The number of halogens is 1. The maximum absolute atomic E-state index is 14.2. The molecule has 0 radical (unpaired) electrons. The predicted molar refractivity (Wildman–Crippen MR) is 87.7 cm³/mol. The van der Waals surface area contributed by atoms with Crippen molar-refractivity contribution in [2.75, 3.05) is 31.1 Å². The summed E-state index contributed by atoms with van der Waals surface area (Å²) in [5.74, 6) is 0.0239. The lowest BCUT2D eigenvalue weighted by Crippen LogP contribution is -2.65. The van der Waals surface area contributed by atoms with Crippen LogP contribution >= 0.6 is 0 Å². The van der Waals surface area contributed by atoms with Gasteiger partial charge in [-0.3, -0.25) is 10.1 Å². The fraction of sp³-hybridized carbons (Fsp3) is 0.647. The Kier molecular flexibility index (Phi) is 3.92. The largest absolute Gasteiger partial charge is 0.369 e. The van der Waals surface area contributed by atoms with E-state index in [0.717, 1.165) is 38.8 Å². The van der Waals surface area contributed by atoms with E-state index in [0.29, 0.717) is 25.1 Å². The number of hydrogen-bond donors (Lipinski definition) is 1. The van der Waals surface area contributed by atoms with Gasteiger partial charge in [0, 0.05) is 38.7 Å². The van der Waals surface area contributed by atoms with Crippen molar-refractivity contribution in [1.29, 1.82) is 0 Å². The number of ether oxygens (including phenoxy) is 1. The minimum Gasteiger partial charge on any atom is -0.369 e. The van der Waals surface area contributed by atoms with Crippen molar-refractivity contribution >= 4 is 11.4 Å². The molecule has 0 amide bonds. The molecule has 130 valence electrons. The van der Waals surface area contributed by atoms with Crippen molar-refractivity contribution in [2.45, 2.75) is 37.4 Å². The highest BCUT2D eigenvalue weighted by Gasteiger charge is 2.49. The average molecular weight is 335 g/mol. The van der Waals surface area contributed by atoms with Crippen molar-refractivity contribution in [3.8, 4) is 0 Å². The lowest BCUT2D eigenvalue weighted by molar-refractivity contribution is -0.384. The van der Waals surface area contributed by atoms with Crippen LogP contribution in [0.25, 0.3) is 0 Å². The average Bonchev–Trinajstić information content (AvgIpc) is 2.55. The lowest BCUT2D eigenvalue weighted by atomic mass is 9.76. The van der Waals surface area contributed by atoms with Crippen LogP contribution in [0.3, 0.4) is 0 Å². The van der Waals surface area contributed by atoms with Gasteiger partial charge in [-0.15, -0.1) is 0 Å². The minimum absolute atomic E-state index is 0.000251. The highest BCUT2D eigenvalue weighted by Crippen LogP contribution is 2.43. The van der Waals surface area contributed by atoms with Gasteiger partial charge in [0.15, 0.2) is 11.5 Å². The monoisotopic (exact) mass is 335 g/mol. The molecule has 7 heteroatoms. The van der Waals surface area contributed by atoms with E-state index in [9.17, 15) is 14.5 Å². The van der Waals surface area contributed by atoms with Gasteiger partial charge in [0.25, 0.3) is 5.69 Å². The van der Waals surface area contributed by atoms with Crippen molar-refractivity contribution in [2.24, 2.45) is 5.92 Å². The van der Waals surface area contributed by atoms with Crippen molar-refractivity contribution in [1.82, 2.24) is 5.32 Å². The van der Waals surface area contributed by atoms with Gasteiger partial charge in [-0.05, 0) is 31.2 Å². The van der Waals surface area contributed by atoms with Gasteiger partial charge in [0.05, 0.1) is 16.6 Å². The molecule has 2 atom stereocenters. The number of morpholine rings is 1.